The summed E-state index contributed by atoms with van der Waals surface area (Å²) in [6.45, 7) is 4.83. The number of ether oxygens (including phenoxy) is 2. The van der Waals surface area contributed by atoms with E-state index in [4.69, 9.17) is 9.47 Å². The quantitative estimate of drug-likeness (QED) is 0.186. The van der Waals surface area contributed by atoms with E-state index in [9.17, 15) is 18.4 Å². The molecule has 198 valence electrons. The largest absolute Gasteiger partial charge is 0.494 e. The zero-order chi connectivity index (χ0) is 26.2. The van der Waals surface area contributed by atoms with Gasteiger partial charge in [0.1, 0.15) is 17.4 Å². The van der Waals surface area contributed by atoms with Gasteiger partial charge in [0.2, 0.25) is 0 Å². The Morgan fingerprint density at radius 2 is 1.67 bits per heavy atom. The number of hydrogen-bond donors (Lipinski definition) is 2. The number of carbonyl (C=O) groups is 2. The van der Waals surface area contributed by atoms with Crippen molar-refractivity contribution in [2.45, 2.75) is 77.7 Å². The monoisotopic (exact) mass is 504 g/mol. The van der Waals surface area contributed by atoms with Crippen molar-refractivity contribution in [3.63, 3.8) is 0 Å². The van der Waals surface area contributed by atoms with Gasteiger partial charge in [0.05, 0.1) is 24.9 Å². The molecular formula is C28H38F2N2O4. The summed E-state index contributed by atoms with van der Waals surface area (Å²) in [4.78, 5) is 24.0. The van der Waals surface area contributed by atoms with Gasteiger partial charge in [-0.05, 0) is 56.0 Å². The Kier molecular flexibility index (Phi) is 13.3. The lowest BCUT2D eigenvalue weighted by Gasteiger charge is -2.20. The van der Waals surface area contributed by atoms with E-state index in [1.165, 1.54) is 12.5 Å². The maximum absolute atomic E-state index is 13.9. The average Bonchev–Trinajstić information content (AvgIpc) is 2.85. The summed E-state index contributed by atoms with van der Waals surface area (Å²) in [6, 6.07) is 9.72. The van der Waals surface area contributed by atoms with E-state index < -0.39 is 17.7 Å². The zero-order valence-electron chi connectivity index (χ0n) is 21.3. The highest BCUT2D eigenvalue weighted by Gasteiger charge is 2.16. The molecule has 0 spiro atoms. The van der Waals surface area contributed by atoms with Crippen LogP contribution < -0.4 is 15.4 Å². The third kappa shape index (κ3) is 11.1. The number of hydrogen-bond acceptors (Lipinski definition) is 4. The van der Waals surface area contributed by atoms with Gasteiger partial charge in [0.15, 0.2) is 0 Å². The fourth-order valence-corrected chi connectivity index (χ4v) is 3.77. The minimum absolute atomic E-state index is 0.0812. The summed E-state index contributed by atoms with van der Waals surface area (Å²) in [6.07, 6.45) is 8.02. The number of unbranched alkanes of at least 4 members (excludes halogenated alkanes) is 5. The van der Waals surface area contributed by atoms with Crippen LogP contribution in [-0.2, 0) is 9.53 Å². The Bertz CT molecular complexity index is 938. The Morgan fingerprint density at radius 1 is 0.917 bits per heavy atom. The van der Waals surface area contributed by atoms with E-state index in [0.29, 0.717) is 31.8 Å². The molecule has 0 aliphatic heterocycles. The lowest BCUT2D eigenvalue weighted by molar-refractivity contribution is -0.143. The molecule has 36 heavy (non-hydrogen) atoms. The van der Waals surface area contributed by atoms with E-state index in [1.54, 1.807) is 6.92 Å². The summed E-state index contributed by atoms with van der Waals surface area (Å²) >= 11 is 0. The van der Waals surface area contributed by atoms with E-state index in [2.05, 4.69) is 17.6 Å². The highest BCUT2D eigenvalue weighted by Crippen LogP contribution is 2.24. The fraction of sp³-hybridized carbons (Fsp3) is 0.500. The molecule has 8 heteroatoms. The molecule has 2 aromatic carbocycles. The number of rotatable bonds is 16. The standard InChI is InChI=1S/C28H38F2N2O4/c1-3-5-6-7-8-11-25(31-28(34)32-26-18-15-22(29)20-24(26)30)21-13-16-23(17-14-21)36-19-10-9-12-27(33)35-4-2/h13-18,20,25H,3-12,19H2,1-2H3,(H2,31,32,34). The predicted octanol–water partition coefficient (Wildman–Crippen LogP) is 7.30. The first-order chi connectivity index (χ1) is 17.4. The number of carbonyl (C=O) groups excluding carboxylic acids is 2. The number of anilines is 1. The van der Waals surface area contributed by atoms with Gasteiger partial charge in [-0.2, -0.15) is 0 Å². The second-order valence-electron chi connectivity index (χ2n) is 8.66. The van der Waals surface area contributed by atoms with Crippen LogP contribution >= 0.6 is 0 Å². The molecule has 6 nitrogen and oxygen atoms in total. The molecule has 0 saturated carbocycles. The first-order valence-electron chi connectivity index (χ1n) is 12.8. The smallest absolute Gasteiger partial charge is 0.319 e. The summed E-state index contributed by atoms with van der Waals surface area (Å²) in [5, 5.41) is 5.39. The SMILES string of the molecule is CCCCCCCC(NC(=O)Nc1ccc(F)cc1F)c1ccc(OCCCCC(=O)OCC)cc1. The summed E-state index contributed by atoms with van der Waals surface area (Å²) in [5.41, 5.74) is 0.831. The van der Waals surface area contributed by atoms with E-state index in [1.807, 2.05) is 24.3 Å². The first-order valence-corrected chi connectivity index (χ1v) is 12.8. The molecule has 0 aromatic heterocycles. The van der Waals surface area contributed by atoms with Crippen molar-refractivity contribution in [2.75, 3.05) is 18.5 Å². The third-order valence-electron chi connectivity index (χ3n) is 5.71. The lowest BCUT2D eigenvalue weighted by atomic mass is 9.99. The van der Waals surface area contributed by atoms with Crippen molar-refractivity contribution in [3.8, 4) is 5.75 Å². The van der Waals surface area contributed by atoms with Gasteiger partial charge in [-0.1, -0.05) is 51.2 Å². The van der Waals surface area contributed by atoms with Crippen LogP contribution in [0.1, 0.15) is 83.2 Å². The maximum atomic E-state index is 13.9. The topological polar surface area (TPSA) is 76.7 Å². The van der Waals surface area contributed by atoms with Gasteiger partial charge in [-0.15, -0.1) is 0 Å². The van der Waals surface area contributed by atoms with Gasteiger partial charge < -0.3 is 20.1 Å². The molecule has 0 heterocycles. The van der Waals surface area contributed by atoms with Gasteiger partial charge in [0, 0.05) is 12.5 Å². The zero-order valence-corrected chi connectivity index (χ0v) is 21.3. The maximum Gasteiger partial charge on any atom is 0.319 e. The van der Waals surface area contributed by atoms with Crippen LogP contribution in [0.5, 0.6) is 5.75 Å². The highest BCUT2D eigenvalue weighted by molar-refractivity contribution is 5.89. The molecule has 0 radical (unpaired) electrons. The van der Waals surface area contributed by atoms with E-state index in [-0.39, 0.29) is 17.7 Å². The minimum Gasteiger partial charge on any atom is -0.494 e. The summed E-state index contributed by atoms with van der Waals surface area (Å²) in [7, 11) is 0. The molecule has 0 fully saturated rings. The number of amides is 2. The fourth-order valence-electron chi connectivity index (χ4n) is 3.77. The Balaban J connectivity index is 1.92. The molecule has 1 atom stereocenters. The molecule has 0 aliphatic rings. The van der Waals surface area contributed by atoms with Crippen molar-refractivity contribution < 1.29 is 27.8 Å². The van der Waals surface area contributed by atoms with Gasteiger partial charge in [0.25, 0.3) is 0 Å². The van der Waals surface area contributed by atoms with Crippen molar-refractivity contribution in [1.82, 2.24) is 5.32 Å². The molecule has 2 aromatic rings. The minimum atomic E-state index is -0.829. The number of benzene rings is 2. The van der Waals surface area contributed by atoms with Crippen molar-refractivity contribution >= 4 is 17.7 Å². The molecule has 1 unspecified atom stereocenters. The van der Waals surface area contributed by atoms with Crippen LogP contribution in [0.3, 0.4) is 0 Å². The Labute approximate surface area is 212 Å². The first kappa shape index (κ1) is 29.1. The molecule has 2 N–H and O–H groups in total. The average molecular weight is 505 g/mol. The molecule has 2 rings (SSSR count). The van der Waals surface area contributed by atoms with Crippen LogP contribution in [-0.4, -0.2) is 25.2 Å². The Morgan fingerprint density at radius 3 is 2.36 bits per heavy atom. The summed E-state index contributed by atoms with van der Waals surface area (Å²) < 4.78 is 37.8. The lowest BCUT2D eigenvalue weighted by Crippen LogP contribution is -2.33. The van der Waals surface area contributed by atoms with Crippen LogP contribution in [0, 0.1) is 11.6 Å². The number of nitrogens with one attached hydrogen (secondary N) is 2. The van der Waals surface area contributed by atoms with Crippen molar-refractivity contribution in [1.29, 1.82) is 0 Å². The van der Waals surface area contributed by atoms with Gasteiger partial charge in [-0.25, -0.2) is 13.6 Å². The number of esters is 1. The van der Waals surface area contributed by atoms with Crippen LogP contribution in [0.2, 0.25) is 0 Å². The second-order valence-corrected chi connectivity index (χ2v) is 8.66. The van der Waals surface area contributed by atoms with Crippen LogP contribution in [0.15, 0.2) is 42.5 Å². The number of halogens is 2. The second kappa shape index (κ2) is 16.5. The molecular weight excluding hydrogens is 466 g/mol. The van der Waals surface area contributed by atoms with Crippen LogP contribution in [0.4, 0.5) is 19.3 Å². The van der Waals surface area contributed by atoms with Gasteiger partial charge in [-0.3, -0.25) is 4.79 Å². The number of urea groups is 1. The molecule has 0 saturated heterocycles. The third-order valence-corrected chi connectivity index (χ3v) is 5.71. The molecule has 0 aliphatic carbocycles. The van der Waals surface area contributed by atoms with E-state index >= 15 is 0 Å². The predicted molar refractivity (Wildman–Crippen MR) is 137 cm³/mol. The van der Waals surface area contributed by atoms with Crippen LogP contribution in [0.25, 0.3) is 0 Å². The molecule has 2 amide bonds. The highest BCUT2D eigenvalue weighted by atomic mass is 19.1. The van der Waals surface area contributed by atoms with E-state index in [0.717, 1.165) is 56.2 Å². The Hall–Kier alpha value is -3.16. The molecule has 0 bridgehead atoms. The normalized spacial score (nSPS) is 11.6. The van der Waals surface area contributed by atoms with Gasteiger partial charge >= 0.3 is 12.0 Å². The van der Waals surface area contributed by atoms with Crippen molar-refractivity contribution in [3.05, 3.63) is 59.7 Å². The van der Waals surface area contributed by atoms with Crippen molar-refractivity contribution in [2.24, 2.45) is 0 Å². The summed E-state index contributed by atoms with van der Waals surface area (Å²) in [5.74, 6) is -1.02.